The fourth-order valence-corrected chi connectivity index (χ4v) is 2.32. The number of halogens is 1. The molecule has 1 aromatic rings. The van der Waals surface area contributed by atoms with Gasteiger partial charge in [-0.25, -0.2) is 9.97 Å². The van der Waals surface area contributed by atoms with E-state index < -0.39 is 5.79 Å². The van der Waals surface area contributed by atoms with Crippen LogP contribution in [0, 0.1) is 0 Å². The SMILES string of the molecule is CCCc1c(Cl)ncnc1NCC1COC(C)(C)O1. The Morgan fingerprint density at radius 1 is 1.47 bits per heavy atom. The Labute approximate surface area is 118 Å². The number of ether oxygens (including phenoxy) is 2. The van der Waals surface area contributed by atoms with Crippen LogP contribution in [-0.2, 0) is 15.9 Å². The zero-order valence-electron chi connectivity index (χ0n) is 11.6. The maximum atomic E-state index is 6.10. The Morgan fingerprint density at radius 2 is 2.26 bits per heavy atom. The third kappa shape index (κ3) is 3.78. The first-order chi connectivity index (χ1) is 9.02. The molecule has 1 saturated heterocycles. The lowest BCUT2D eigenvalue weighted by atomic mass is 10.2. The van der Waals surface area contributed by atoms with Gasteiger partial charge in [-0.2, -0.15) is 0 Å². The smallest absolute Gasteiger partial charge is 0.163 e. The lowest BCUT2D eigenvalue weighted by Crippen LogP contribution is -2.26. The van der Waals surface area contributed by atoms with Crippen molar-refractivity contribution in [2.75, 3.05) is 18.5 Å². The lowest BCUT2D eigenvalue weighted by molar-refractivity contribution is -0.136. The van der Waals surface area contributed by atoms with E-state index in [1.165, 1.54) is 6.33 Å². The van der Waals surface area contributed by atoms with Gasteiger partial charge in [0.1, 0.15) is 23.4 Å². The first-order valence-electron chi connectivity index (χ1n) is 6.57. The predicted molar refractivity (Wildman–Crippen MR) is 74.4 cm³/mol. The van der Waals surface area contributed by atoms with Crippen molar-refractivity contribution in [1.82, 2.24) is 9.97 Å². The lowest BCUT2D eigenvalue weighted by Gasteiger charge is -2.18. The average molecular weight is 286 g/mol. The number of rotatable bonds is 5. The Hall–Kier alpha value is -0.910. The van der Waals surface area contributed by atoms with Crippen LogP contribution >= 0.6 is 11.6 Å². The molecule has 19 heavy (non-hydrogen) atoms. The van der Waals surface area contributed by atoms with Gasteiger partial charge >= 0.3 is 0 Å². The molecule has 0 aromatic carbocycles. The molecule has 5 nitrogen and oxygen atoms in total. The molecule has 2 rings (SSSR count). The number of aromatic nitrogens is 2. The van der Waals surface area contributed by atoms with Gasteiger partial charge in [0.25, 0.3) is 0 Å². The molecule has 1 atom stereocenters. The van der Waals surface area contributed by atoms with Crippen molar-refractivity contribution < 1.29 is 9.47 Å². The predicted octanol–water partition coefficient (Wildman–Crippen LogP) is 2.65. The highest BCUT2D eigenvalue weighted by Gasteiger charge is 2.32. The Kier molecular flexibility index (Phi) is 4.60. The summed E-state index contributed by atoms with van der Waals surface area (Å²) in [4.78, 5) is 8.27. The molecule has 1 fully saturated rings. The minimum atomic E-state index is -0.498. The first-order valence-corrected chi connectivity index (χ1v) is 6.94. The molecule has 0 aliphatic carbocycles. The van der Waals surface area contributed by atoms with Gasteiger partial charge in [-0.05, 0) is 20.3 Å². The van der Waals surface area contributed by atoms with Gasteiger partial charge in [0.05, 0.1) is 6.61 Å². The molecule has 106 valence electrons. The normalized spacial score (nSPS) is 21.6. The molecule has 1 unspecified atom stereocenters. The molecule has 6 heteroatoms. The number of nitrogens with zero attached hydrogens (tertiary/aromatic N) is 2. The van der Waals surface area contributed by atoms with Crippen molar-refractivity contribution in [2.24, 2.45) is 0 Å². The van der Waals surface area contributed by atoms with E-state index in [9.17, 15) is 0 Å². The molecule has 1 aromatic heterocycles. The van der Waals surface area contributed by atoms with Gasteiger partial charge in [0.2, 0.25) is 0 Å². The number of hydrogen-bond acceptors (Lipinski definition) is 5. The van der Waals surface area contributed by atoms with Gasteiger partial charge in [-0.1, -0.05) is 24.9 Å². The summed E-state index contributed by atoms with van der Waals surface area (Å²) in [6.45, 7) is 7.16. The second-order valence-corrected chi connectivity index (χ2v) is 5.43. The van der Waals surface area contributed by atoms with Crippen molar-refractivity contribution in [3.05, 3.63) is 17.0 Å². The molecule has 0 spiro atoms. The molecule has 1 aliphatic rings. The fraction of sp³-hybridized carbons (Fsp3) is 0.692. The largest absolute Gasteiger partial charge is 0.367 e. The maximum absolute atomic E-state index is 6.10. The van der Waals surface area contributed by atoms with Gasteiger partial charge in [-0.15, -0.1) is 0 Å². The van der Waals surface area contributed by atoms with E-state index >= 15 is 0 Å². The minimum absolute atomic E-state index is 0.0261. The van der Waals surface area contributed by atoms with Crippen LogP contribution in [0.5, 0.6) is 0 Å². The fourth-order valence-electron chi connectivity index (χ4n) is 2.09. The molecule has 0 saturated carbocycles. The molecule has 1 aliphatic heterocycles. The number of anilines is 1. The molecule has 0 amide bonds. The minimum Gasteiger partial charge on any atom is -0.367 e. The van der Waals surface area contributed by atoms with Crippen LogP contribution in [0.1, 0.15) is 32.8 Å². The van der Waals surface area contributed by atoms with E-state index in [-0.39, 0.29) is 6.10 Å². The van der Waals surface area contributed by atoms with Gasteiger partial charge in [-0.3, -0.25) is 0 Å². The van der Waals surface area contributed by atoms with Crippen molar-refractivity contribution in [2.45, 2.75) is 45.5 Å². The van der Waals surface area contributed by atoms with Crippen LogP contribution < -0.4 is 5.32 Å². The average Bonchev–Trinajstić information content (AvgIpc) is 2.70. The quantitative estimate of drug-likeness (QED) is 0.843. The van der Waals surface area contributed by atoms with Crippen LogP contribution in [-0.4, -0.2) is 35.0 Å². The van der Waals surface area contributed by atoms with Crippen LogP contribution in [0.3, 0.4) is 0 Å². The van der Waals surface area contributed by atoms with E-state index in [1.54, 1.807) is 0 Å². The number of nitrogens with one attached hydrogen (secondary N) is 1. The summed E-state index contributed by atoms with van der Waals surface area (Å²) in [5.41, 5.74) is 0.963. The van der Waals surface area contributed by atoms with E-state index in [4.69, 9.17) is 21.1 Å². The van der Waals surface area contributed by atoms with Gasteiger partial charge < -0.3 is 14.8 Å². The van der Waals surface area contributed by atoms with Crippen molar-refractivity contribution >= 4 is 17.4 Å². The monoisotopic (exact) mass is 285 g/mol. The van der Waals surface area contributed by atoms with Crippen LogP contribution in [0.4, 0.5) is 5.82 Å². The highest BCUT2D eigenvalue weighted by molar-refractivity contribution is 6.30. The second kappa shape index (κ2) is 6.03. The maximum Gasteiger partial charge on any atom is 0.163 e. The summed E-state index contributed by atoms with van der Waals surface area (Å²) in [6.07, 6.45) is 3.35. The third-order valence-corrected chi connectivity index (χ3v) is 3.28. The summed E-state index contributed by atoms with van der Waals surface area (Å²) in [5, 5.41) is 3.79. The number of hydrogen-bond donors (Lipinski definition) is 1. The van der Waals surface area contributed by atoms with Crippen molar-refractivity contribution in [1.29, 1.82) is 0 Å². The Bertz CT molecular complexity index is 440. The molecular formula is C13H20ClN3O2. The van der Waals surface area contributed by atoms with Crippen LogP contribution in [0.25, 0.3) is 0 Å². The van der Waals surface area contributed by atoms with E-state index in [0.29, 0.717) is 18.3 Å². The molecular weight excluding hydrogens is 266 g/mol. The summed E-state index contributed by atoms with van der Waals surface area (Å²) in [5.74, 6) is 0.289. The highest BCUT2D eigenvalue weighted by atomic mass is 35.5. The van der Waals surface area contributed by atoms with E-state index in [0.717, 1.165) is 24.2 Å². The summed E-state index contributed by atoms with van der Waals surface area (Å²) in [7, 11) is 0. The van der Waals surface area contributed by atoms with E-state index in [1.807, 2.05) is 13.8 Å². The van der Waals surface area contributed by atoms with E-state index in [2.05, 4.69) is 22.2 Å². The molecule has 0 radical (unpaired) electrons. The molecule has 2 heterocycles. The highest BCUT2D eigenvalue weighted by Crippen LogP contribution is 2.24. The molecule has 1 N–H and O–H groups in total. The summed E-state index contributed by atoms with van der Waals surface area (Å²) in [6, 6.07) is 0. The Balaban J connectivity index is 1.98. The van der Waals surface area contributed by atoms with Gasteiger partial charge in [0, 0.05) is 12.1 Å². The third-order valence-electron chi connectivity index (χ3n) is 2.96. The van der Waals surface area contributed by atoms with Crippen molar-refractivity contribution in [3.8, 4) is 0 Å². The topological polar surface area (TPSA) is 56.3 Å². The van der Waals surface area contributed by atoms with Gasteiger partial charge in [0.15, 0.2) is 5.79 Å². The summed E-state index contributed by atoms with van der Waals surface area (Å²) >= 11 is 6.10. The van der Waals surface area contributed by atoms with Crippen LogP contribution in [0.2, 0.25) is 5.15 Å². The first kappa shape index (κ1) is 14.5. The zero-order valence-corrected chi connectivity index (χ0v) is 12.3. The molecule has 0 bridgehead atoms. The Morgan fingerprint density at radius 3 is 2.89 bits per heavy atom. The van der Waals surface area contributed by atoms with Crippen molar-refractivity contribution in [3.63, 3.8) is 0 Å². The van der Waals surface area contributed by atoms with Crippen LogP contribution in [0.15, 0.2) is 6.33 Å². The second-order valence-electron chi connectivity index (χ2n) is 5.07. The standard InChI is InChI=1S/C13H20ClN3O2/c1-4-5-10-11(14)16-8-17-12(10)15-6-9-7-18-13(2,3)19-9/h8-9H,4-7H2,1-3H3,(H,15,16,17). The summed E-state index contributed by atoms with van der Waals surface area (Å²) < 4.78 is 11.3. The zero-order chi connectivity index (χ0) is 13.9.